The van der Waals surface area contributed by atoms with Crippen LogP contribution in [-0.2, 0) is 9.59 Å². The molecule has 1 aromatic carbocycles. The molecule has 1 unspecified atom stereocenters. The molecule has 5 nitrogen and oxygen atoms in total. The smallest absolute Gasteiger partial charge is 0.228 e. The molecule has 0 aliphatic carbocycles. The fraction of sp³-hybridized carbons (Fsp3) is 0.450. The summed E-state index contributed by atoms with van der Waals surface area (Å²) in [5.41, 5.74) is 3.71. The highest BCUT2D eigenvalue weighted by molar-refractivity contribution is 6.04. The van der Waals surface area contributed by atoms with Gasteiger partial charge >= 0.3 is 0 Å². The minimum Gasteiger partial charge on any atom is -0.346 e. The molecule has 1 aliphatic rings. The predicted octanol–water partition coefficient (Wildman–Crippen LogP) is 3.47. The van der Waals surface area contributed by atoms with Crippen molar-refractivity contribution in [2.45, 2.75) is 39.5 Å². The lowest BCUT2D eigenvalue weighted by molar-refractivity contribution is -0.137. The topological polar surface area (TPSA) is 62.3 Å². The van der Waals surface area contributed by atoms with E-state index in [1.165, 1.54) is 0 Å². The summed E-state index contributed by atoms with van der Waals surface area (Å²) in [6.45, 7) is 6.82. The summed E-state index contributed by atoms with van der Waals surface area (Å²) in [7, 11) is 1.78. The molecule has 1 atom stereocenters. The number of hydrogen-bond donors (Lipinski definition) is 1. The molecule has 0 radical (unpaired) electrons. The molecule has 0 saturated carbocycles. The first kappa shape index (κ1) is 17.4. The molecule has 0 bridgehead atoms. The summed E-state index contributed by atoms with van der Waals surface area (Å²) in [6.07, 6.45) is 0.981. The van der Waals surface area contributed by atoms with Crippen LogP contribution >= 0.6 is 0 Å². The number of aryl methyl sites for hydroxylation is 1. The standard InChI is InChI=1S/C20H25N3O2/c1-12(2)18-13(3)21-16-8-6-5-7-15(16)19(18)22-20(25)14-9-10-23(4)17(24)11-14/h5-8,12,14H,9-11H2,1-4H3,(H,21,22,25). The van der Waals surface area contributed by atoms with Crippen molar-refractivity contribution in [2.75, 3.05) is 18.9 Å². The number of likely N-dealkylation sites (tertiary alicyclic amines) is 1. The van der Waals surface area contributed by atoms with Gasteiger partial charge < -0.3 is 10.2 Å². The number of carbonyl (C=O) groups excluding carboxylic acids is 2. The molecule has 1 aromatic heterocycles. The molecule has 1 N–H and O–H groups in total. The lowest BCUT2D eigenvalue weighted by Gasteiger charge is -2.28. The highest BCUT2D eigenvalue weighted by atomic mass is 16.2. The molecule has 3 rings (SSSR count). The number of anilines is 1. The Kier molecular flexibility index (Phi) is 4.75. The third-order valence-electron chi connectivity index (χ3n) is 4.98. The number of fused-ring (bicyclic) bond motifs is 1. The molecule has 2 aromatic rings. The van der Waals surface area contributed by atoms with E-state index in [4.69, 9.17) is 0 Å². The van der Waals surface area contributed by atoms with Gasteiger partial charge in [0.25, 0.3) is 0 Å². The van der Waals surface area contributed by atoms with Gasteiger partial charge in [0.15, 0.2) is 0 Å². The van der Waals surface area contributed by atoms with E-state index >= 15 is 0 Å². The first-order chi connectivity index (χ1) is 11.9. The highest BCUT2D eigenvalue weighted by Crippen LogP contribution is 2.34. The highest BCUT2D eigenvalue weighted by Gasteiger charge is 2.29. The van der Waals surface area contributed by atoms with Crippen LogP contribution in [0.3, 0.4) is 0 Å². The molecule has 0 spiro atoms. The summed E-state index contributed by atoms with van der Waals surface area (Å²) in [5.74, 6) is -0.0622. The molecular formula is C20H25N3O2. The Bertz CT molecular complexity index is 829. The van der Waals surface area contributed by atoms with Gasteiger partial charge in [-0.1, -0.05) is 32.0 Å². The van der Waals surface area contributed by atoms with E-state index in [-0.39, 0.29) is 30.1 Å². The summed E-state index contributed by atoms with van der Waals surface area (Å²) < 4.78 is 0. The van der Waals surface area contributed by atoms with E-state index in [0.29, 0.717) is 13.0 Å². The average Bonchev–Trinajstić information content (AvgIpc) is 2.56. The quantitative estimate of drug-likeness (QED) is 0.931. The Labute approximate surface area is 148 Å². The summed E-state index contributed by atoms with van der Waals surface area (Å²) in [4.78, 5) is 31.2. The molecule has 1 fully saturated rings. The van der Waals surface area contributed by atoms with Gasteiger partial charge in [0.1, 0.15) is 0 Å². The van der Waals surface area contributed by atoms with E-state index in [0.717, 1.165) is 27.8 Å². The van der Waals surface area contributed by atoms with Gasteiger partial charge in [-0.05, 0) is 25.3 Å². The SMILES string of the molecule is Cc1nc2ccccc2c(NC(=O)C2CCN(C)C(=O)C2)c1C(C)C. The van der Waals surface area contributed by atoms with Crippen LogP contribution in [-0.4, -0.2) is 35.3 Å². The maximum atomic E-state index is 12.8. The second kappa shape index (κ2) is 6.82. The van der Waals surface area contributed by atoms with Gasteiger partial charge in [0.05, 0.1) is 11.2 Å². The molecule has 1 saturated heterocycles. The van der Waals surface area contributed by atoms with E-state index in [9.17, 15) is 9.59 Å². The summed E-state index contributed by atoms with van der Waals surface area (Å²) in [6, 6.07) is 7.85. The van der Waals surface area contributed by atoms with E-state index in [1.54, 1.807) is 11.9 Å². The molecule has 5 heteroatoms. The van der Waals surface area contributed by atoms with Gasteiger partial charge in [-0.15, -0.1) is 0 Å². The maximum absolute atomic E-state index is 12.8. The predicted molar refractivity (Wildman–Crippen MR) is 99.6 cm³/mol. The Morgan fingerprint density at radius 3 is 2.72 bits per heavy atom. The van der Waals surface area contributed by atoms with Crippen molar-refractivity contribution < 1.29 is 9.59 Å². The minimum atomic E-state index is -0.268. The van der Waals surface area contributed by atoms with Gasteiger partial charge in [-0.25, -0.2) is 0 Å². The number of aromatic nitrogens is 1. The van der Waals surface area contributed by atoms with E-state index in [1.807, 2.05) is 31.2 Å². The third-order valence-corrected chi connectivity index (χ3v) is 4.98. The van der Waals surface area contributed by atoms with Gasteiger partial charge in [0, 0.05) is 42.6 Å². The lowest BCUT2D eigenvalue weighted by Crippen LogP contribution is -2.40. The van der Waals surface area contributed by atoms with Crippen LogP contribution in [0.15, 0.2) is 24.3 Å². The largest absolute Gasteiger partial charge is 0.346 e. The first-order valence-electron chi connectivity index (χ1n) is 8.82. The maximum Gasteiger partial charge on any atom is 0.228 e. The van der Waals surface area contributed by atoms with Gasteiger partial charge in [-0.2, -0.15) is 0 Å². The average molecular weight is 339 g/mol. The Hall–Kier alpha value is -2.43. The zero-order chi connectivity index (χ0) is 18.1. The van der Waals surface area contributed by atoms with Crippen molar-refractivity contribution in [3.05, 3.63) is 35.5 Å². The van der Waals surface area contributed by atoms with Crippen molar-refractivity contribution in [2.24, 2.45) is 5.92 Å². The molecule has 1 aliphatic heterocycles. The van der Waals surface area contributed by atoms with Crippen molar-refractivity contribution in [1.82, 2.24) is 9.88 Å². The number of rotatable bonds is 3. The Morgan fingerprint density at radius 2 is 2.04 bits per heavy atom. The fourth-order valence-electron chi connectivity index (χ4n) is 3.58. The van der Waals surface area contributed by atoms with Crippen molar-refractivity contribution in [3.63, 3.8) is 0 Å². The zero-order valence-corrected chi connectivity index (χ0v) is 15.3. The van der Waals surface area contributed by atoms with Gasteiger partial charge in [0.2, 0.25) is 11.8 Å². The lowest BCUT2D eigenvalue weighted by atomic mass is 9.93. The molecule has 25 heavy (non-hydrogen) atoms. The molecular weight excluding hydrogens is 314 g/mol. The molecule has 2 amide bonds. The number of para-hydroxylation sites is 1. The number of pyridine rings is 1. The van der Waals surface area contributed by atoms with Crippen LogP contribution in [0.25, 0.3) is 10.9 Å². The van der Waals surface area contributed by atoms with E-state index in [2.05, 4.69) is 24.1 Å². The van der Waals surface area contributed by atoms with Crippen LogP contribution in [0.1, 0.15) is 43.9 Å². The van der Waals surface area contributed by atoms with Crippen molar-refractivity contribution >= 4 is 28.4 Å². The van der Waals surface area contributed by atoms with Crippen LogP contribution < -0.4 is 5.32 Å². The number of hydrogen-bond acceptors (Lipinski definition) is 3. The molecule has 2 heterocycles. The summed E-state index contributed by atoms with van der Waals surface area (Å²) in [5, 5.41) is 4.08. The number of nitrogens with one attached hydrogen (secondary N) is 1. The Morgan fingerprint density at radius 1 is 1.32 bits per heavy atom. The normalized spacial score (nSPS) is 18.0. The van der Waals surface area contributed by atoms with E-state index < -0.39 is 0 Å². The number of nitrogens with zero attached hydrogens (tertiary/aromatic N) is 2. The van der Waals surface area contributed by atoms with Crippen molar-refractivity contribution in [3.8, 4) is 0 Å². The van der Waals surface area contributed by atoms with Gasteiger partial charge in [-0.3, -0.25) is 14.6 Å². The second-order valence-corrected chi connectivity index (χ2v) is 7.15. The number of benzene rings is 1. The fourth-order valence-corrected chi connectivity index (χ4v) is 3.58. The minimum absolute atomic E-state index is 0.0336. The van der Waals surface area contributed by atoms with Crippen molar-refractivity contribution in [1.29, 1.82) is 0 Å². The van der Waals surface area contributed by atoms with Crippen LogP contribution in [0, 0.1) is 12.8 Å². The molecule has 132 valence electrons. The zero-order valence-electron chi connectivity index (χ0n) is 15.3. The summed E-state index contributed by atoms with van der Waals surface area (Å²) >= 11 is 0. The second-order valence-electron chi connectivity index (χ2n) is 7.15. The number of piperidine rings is 1. The van der Waals surface area contributed by atoms with Crippen LogP contribution in [0.2, 0.25) is 0 Å². The van der Waals surface area contributed by atoms with Crippen LogP contribution in [0.5, 0.6) is 0 Å². The van der Waals surface area contributed by atoms with Crippen LogP contribution in [0.4, 0.5) is 5.69 Å². The Balaban J connectivity index is 1.98. The first-order valence-corrected chi connectivity index (χ1v) is 8.82. The number of amides is 2. The number of carbonyl (C=O) groups is 2. The monoisotopic (exact) mass is 339 g/mol. The third kappa shape index (κ3) is 3.36.